The molecule has 0 amide bonds. The van der Waals surface area contributed by atoms with Gasteiger partial charge in [0.05, 0.1) is 17.7 Å². The SMILES string of the molecule is Cc1cc(=O)n(Cc2cc(C)c(C(=O)O)o2)cc1[N+](=O)[O-]. The molecule has 0 aliphatic rings. The van der Waals surface area contributed by atoms with Gasteiger partial charge in [0.2, 0.25) is 5.76 Å². The number of carboxylic acids is 1. The minimum atomic E-state index is -1.21. The third kappa shape index (κ3) is 2.83. The maximum Gasteiger partial charge on any atom is 0.372 e. The van der Waals surface area contributed by atoms with Crippen LogP contribution in [0.2, 0.25) is 0 Å². The van der Waals surface area contributed by atoms with Gasteiger partial charge in [0, 0.05) is 17.2 Å². The van der Waals surface area contributed by atoms with Crippen LogP contribution in [0.4, 0.5) is 5.69 Å². The van der Waals surface area contributed by atoms with Crippen LogP contribution < -0.4 is 5.56 Å². The van der Waals surface area contributed by atoms with E-state index in [0.29, 0.717) is 5.56 Å². The lowest BCUT2D eigenvalue weighted by atomic mass is 10.2. The van der Waals surface area contributed by atoms with Crippen molar-refractivity contribution in [2.75, 3.05) is 0 Å². The normalized spacial score (nSPS) is 10.6. The van der Waals surface area contributed by atoms with Gasteiger partial charge in [-0.15, -0.1) is 0 Å². The number of furan rings is 1. The van der Waals surface area contributed by atoms with Gasteiger partial charge in [-0.1, -0.05) is 0 Å². The van der Waals surface area contributed by atoms with Crippen LogP contribution in [0.5, 0.6) is 0 Å². The summed E-state index contributed by atoms with van der Waals surface area (Å²) in [5, 5.41) is 19.8. The molecule has 0 spiro atoms. The second-order valence-corrected chi connectivity index (χ2v) is 4.59. The highest BCUT2D eigenvalue weighted by molar-refractivity contribution is 5.86. The Kier molecular flexibility index (Phi) is 3.62. The fourth-order valence-electron chi connectivity index (χ4n) is 1.98. The van der Waals surface area contributed by atoms with Crippen LogP contribution in [-0.2, 0) is 6.54 Å². The van der Waals surface area contributed by atoms with Crippen molar-refractivity contribution in [3.63, 3.8) is 0 Å². The third-order valence-electron chi connectivity index (χ3n) is 2.99. The molecule has 0 saturated carbocycles. The summed E-state index contributed by atoms with van der Waals surface area (Å²) in [4.78, 5) is 33.0. The van der Waals surface area contributed by atoms with Crippen LogP contribution in [-0.4, -0.2) is 20.6 Å². The topological polar surface area (TPSA) is 116 Å². The molecule has 0 atom stereocenters. The third-order valence-corrected chi connectivity index (χ3v) is 2.99. The molecule has 0 bridgehead atoms. The molecule has 1 N–H and O–H groups in total. The van der Waals surface area contributed by atoms with Gasteiger partial charge in [-0.2, -0.15) is 0 Å². The van der Waals surface area contributed by atoms with Crippen LogP contribution in [0.15, 0.2) is 27.5 Å². The first-order chi connectivity index (χ1) is 9.79. The van der Waals surface area contributed by atoms with E-state index in [4.69, 9.17) is 9.52 Å². The molecule has 2 rings (SSSR count). The van der Waals surface area contributed by atoms with Crippen LogP contribution in [0.25, 0.3) is 0 Å². The number of nitrogens with zero attached hydrogens (tertiary/aromatic N) is 2. The Labute approximate surface area is 118 Å². The van der Waals surface area contributed by atoms with Crippen molar-refractivity contribution in [3.8, 4) is 0 Å². The van der Waals surface area contributed by atoms with E-state index in [1.54, 1.807) is 6.92 Å². The largest absolute Gasteiger partial charge is 0.475 e. The molecular weight excluding hydrogens is 280 g/mol. The Hall–Kier alpha value is -2.90. The lowest BCUT2D eigenvalue weighted by molar-refractivity contribution is -0.385. The fraction of sp³-hybridized carbons (Fsp3) is 0.231. The number of nitro groups is 1. The highest BCUT2D eigenvalue weighted by atomic mass is 16.6. The molecule has 2 aromatic heterocycles. The van der Waals surface area contributed by atoms with Crippen molar-refractivity contribution in [1.82, 2.24) is 4.57 Å². The summed E-state index contributed by atoms with van der Waals surface area (Å²) in [5.74, 6) is -1.18. The Morgan fingerprint density at radius 3 is 2.57 bits per heavy atom. The van der Waals surface area contributed by atoms with Gasteiger partial charge in [0.1, 0.15) is 5.76 Å². The summed E-state index contributed by atoms with van der Waals surface area (Å²) < 4.78 is 6.24. The zero-order chi connectivity index (χ0) is 15.7. The lowest BCUT2D eigenvalue weighted by Crippen LogP contribution is -2.20. The molecule has 0 fully saturated rings. The summed E-state index contributed by atoms with van der Waals surface area (Å²) >= 11 is 0. The molecule has 21 heavy (non-hydrogen) atoms. The molecule has 0 aliphatic heterocycles. The van der Waals surface area contributed by atoms with Crippen LogP contribution in [0.3, 0.4) is 0 Å². The Morgan fingerprint density at radius 1 is 1.38 bits per heavy atom. The molecular formula is C13H12N2O6. The quantitative estimate of drug-likeness (QED) is 0.677. The summed E-state index contributed by atoms with van der Waals surface area (Å²) in [6, 6.07) is 2.65. The number of rotatable bonds is 4. The van der Waals surface area contributed by atoms with Crippen molar-refractivity contribution in [2.45, 2.75) is 20.4 Å². The standard InChI is InChI=1S/C13H12N2O6/c1-7-4-11(16)14(6-10(7)15(19)20)5-9-3-8(2)12(21-9)13(17)18/h3-4,6H,5H2,1-2H3,(H,17,18). The van der Waals surface area contributed by atoms with E-state index < -0.39 is 16.5 Å². The summed E-state index contributed by atoms with van der Waals surface area (Å²) in [7, 11) is 0. The zero-order valence-electron chi connectivity index (χ0n) is 11.3. The maximum absolute atomic E-state index is 11.8. The van der Waals surface area contributed by atoms with Gasteiger partial charge < -0.3 is 14.1 Å². The maximum atomic E-state index is 11.8. The summed E-state index contributed by atoms with van der Waals surface area (Å²) in [6.45, 7) is 2.97. The Morgan fingerprint density at radius 2 is 2.05 bits per heavy atom. The average molecular weight is 292 g/mol. The molecule has 8 nitrogen and oxygen atoms in total. The van der Waals surface area contributed by atoms with E-state index in [0.717, 1.165) is 16.8 Å². The molecule has 2 aromatic rings. The van der Waals surface area contributed by atoms with Gasteiger partial charge in [0.15, 0.2) is 0 Å². The zero-order valence-corrected chi connectivity index (χ0v) is 11.3. The van der Waals surface area contributed by atoms with Crippen molar-refractivity contribution in [2.24, 2.45) is 0 Å². The minimum Gasteiger partial charge on any atom is -0.475 e. The van der Waals surface area contributed by atoms with Gasteiger partial charge in [-0.25, -0.2) is 4.79 Å². The molecule has 0 aromatic carbocycles. The monoisotopic (exact) mass is 292 g/mol. The molecule has 0 aliphatic carbocycles. The number of pyridine rings is 1. The fourth-order valence-corrected chi connectivity index (χ4v) is 1.98. The first kappa shape index (κ1) is 14.5. The van der Waals surface area contributed by atoms with E-state index in [-0.39, 0.29) is 29.3 Å². The van der Waals surface area contributed by atoms with Gasteiger partial charge >= 0.3 is 5.97 Å². The number of hydrogen-bond donors (Lipinski definition) is 1. The Balaban J connectivity index is 2.42. The van der Waals surface area contributed by atoms with E-state index in [1.807, 2.05) is 0 Å². The predicted molar refractivity (Wildman–Crippen MR) is 71.6 cm³/mol. The van der Waals surface area contributed by atoms with Gasteiger partial charge in [-0.3, -0.25) is 14.9 Å². The molecule has 110 valence electrons. The molecule has 0 radical (unpaired) electrons. The van der Waals surface area contributed by atoms with Crippen LogP contribution in [0.1, 0.15) is 27.4 Å². The van der Waals surface area contributed by atoms with Crippen LogP contribution in [0, 0.1) is 24.0 Å². The molecule has 2 heterocycles. The Bertz CT molecular complexity index is 786. The van der Waals surface area contributed by atoms with Gasteiger partial charge in [-0.05, 0) is 19.9 Å². The number of aromatic nitrogens is 1. The highest BCUT2D eigenvalue weighted by Crippen LogP contribution is 2.18. The van der Waals surface area contributed by atoms with E-state index in [2.05, 4.69) is 0 Å². The summed E-state index contributed by atoms with van der Waals surface area (Å²) in [5.41, 5.74) is 0.0793. The number of aryl methyl sites for hydroxylation is 2. The molecule has 0 unspecified atom stereocenters. The molecule has 0 saturated heterocycles. The predicted octanol–water partition coefficient (Wildman–Crippen LogP) is 1.71. The van der Waals surface area contributed by atoms with E-state index in [9.17, 15) is 19.7 Å². The number of aromatic carboxylic acids is 1. The molecule has 8 heteroatoms. The van der Waals surface area contributed by atoms with Crippen LogP contribution >= 0.6 is 0 Å². The summed E-state index contributed by atoms with van der Waals surface area (Å²) in [6.07, 6.45) is 1.12. The van der Waals surface area contributed by atoms with Crippen molar-refractivity contribution in [1.29, 1.82) is 0 Å². The second kappa shape index (κ2) is 5.23. The first-order valence-corrected chi connectivity index (χ1v) is 5.97. The number of carboxylic acid groups (broad SMARTS) is 1. The average Bonchev–Trinajstić information content (AvgIpc) is 2.73. The van der Waals surface area contributed by atoms with Crippen molar-refractivity contribution < 1.29 is 19.2 Å². The van der Waals surface area contributed by atoms with Gasteiger partial charge in [0.25, 0.3) is 11.2 Å². The number of hydrogen-bond acceptors (Lipinski definition) is 5. The van der Waals surface area contributed by atoms with E-state index >= 15 is 0 Å². The smallest absolute Gasteiger partial charge is 0.372 e. The lowest BCUT2D eigenvalue weighted by Gasteiger charge is -2.04. The minimum absolute atomic E-state index is 0.0753. The van der Waals surface area contributed by atoms with Crippen molar-refractivity contribution >= 4 is 11.7 Å². The first-order valence-electron chi connectivity index (χ1n) is 5.97. The number of carbonyl (C=O) groups is 1. The van der Waals surface area contributed by atoms with E-state index in [1.165, 1.54) is 13.0 Å². The van der Waals surface area contributed by atoms with Crippen molar-refractivity contribution in [3.05, 3.63) is 61.4 Å². The highest BCUT2D eigenvalue weighted by Gasteiger charge is 2.17. The second-order valence-electron chi connectivity index (χ2n) is 4.59.